The third-order valence-electron chi connectivity index (χ3n) is 2.81. The van der Waals surface area contributed by atoms with Crippen LogP contribution >= 0.6 is 0 Å². The quantitative estimate of drug-likeness (QED) is 0.834. The molecule has 0 bridgehead atoms. The number of furan rings is 2. The molecule has 2 rings (SSSR count). The normalized spacial score (nSPS) is 13.0. The zero-order valence-electron chi connectivity index (χ0n) is 11.0. The van der Waals surface area contributed by atoms with E-state index in [0.29, 0.717) is 11.5 Å². The summed E-state index contributed by atoms with van der Waals surface area (Å²) in [6.45, 7) is 7.25. The summed E-state index contributed by atoms with van der Waals surface area (Å²) in [5.41, 5.74) is 0. The Hall–Kier alpha value is -1.09. The second kappa shape index (κ2) is 4.23. The molecular weight excluding hydrogens is 264 g/mol. The molecule has 2 heterocycles. The SMILES string of the molecule is C[Si](C)(O)c1coc(-c2ccco2)c1[Si](C)(C)O. The standard InChI is InChI=1S/C12H18O4Si2/c1-17(2,13)10-8-16-11(9-6-5-7-15-9)12(10)18(3,4)14/h5-8,13-14H,1-4H3. The lowest BCUT2D eigenvalue weighted by Crippen LogP contribution is -2.58. The van der Waals surface area contributed by atoms with Crippen LogP contribution in [0.3, 0.4) is 0 Å². The van der Waals surface area contributed by atoms with Gasteiger partial charge < -0.3 is 18.4 Å². The van der Waals surface area contributed by atoms with Crippen molar-refractivity contribution in [2.45, 2.75) is 26.2 Å². The molecule has 18 heavy (non-hydrogen) atoms. The highest BCUT2D eigenvalue weighted by Crippen LogP contribution is 2.21. The minimum Gasteiger partial charge on any atom is -0.461 e. The molecule has 98 valence electrons. The summed E-state index contributed by atoms with van der Waals surface area (Å²) in [6, 6.07) is 3.56. The molecule has 2 N–H and O–H groups in total. The first-order valence-electron chi connectivity index (χ1n) is 5.82. The molecule has 0 amide bonds. The fraction of sp³-hybridized carbons (Fsp3) is 0.333. The third-order valence-corrected chi connectivity index (χ3v) is 6.46. The van der Waals surface area contributed by atoms with Crippen molar-refractivity contribution in [1.82, 2.24) is 0 Å². The fourth-order valence-electron chi connectivity index (χ4n) is 2.00. The number of hydrogen-bond acceptors (Lipinski definition) is 4. The van der Waals surface area contributed by atoms with E-state index in [9.17, 15) is 9.59 Å². The highest BCUT2D eigenvalue weighted by Gasteiger charge is 2.37. The predicted molar refractivity (Wildman–Crippen MR) is 75.1 cm³/mol. The minimum absolute atomic E-state index is 0.545. The van der Waals surface area contributed by atoms with Crippen molar-refractivity contribution >= 4 is 27.0 Å². The smallest absolute Gasteiger partial charge is 0.218 e. The Labute approximate surface area is 108 Å². The maximum Gasteiger partial charge on any atom is 0.218 e. The van der Waals surface area contributed by atoms with Gasteiger partial charge in [-0.2, -0.15) is 0 Å². The van der Waals surface area contributed by atoms with Crippen LogP contribution in [-0.4, -0.2) is 26.2 Å². The summed E-state index contributed by atoms with van der Waals surface area (Å²) >= 11 is 0. The van der Waals surface area contributed by atoms with E-state index in [2.05, 4.69) is 0 Å². The molecule has 0 spiro atoms. The Morgan fingerprint density at radius 3 is 2.11 bits per heavy atom. The molecule has 0 saturated carbocycles. The zero-order valence-corrected chi connectivity index (χ0v) is 13.0. The van der Waals surface area contributed by atoms with E-state index < -0.39 is 16.6 Å². The largest absolute Gasteiger partial charge is 0.461 e. The van der Waals surface area contributed by atoms with Gasteiger partial charge in [0.05, 0.1) is 12.5 Å². The van der Waals surface area contributed by atoms with E-state index in [-0.39, 0.29) is 0 Å². The Bertz CT molecular complexity index is 529. The van der Waals surface area contributed by atoms with Crippen molar-refractivity contribution in [3.05, 3.63) is 24.7 Å². The minimum atomic E-state index is -2.62. The predicted octanol–water partition coefficient (Wildman–Crippen LogP) is 1.35. The highest BCUT2D eigenvalue weighted by atomic mass is 28.4. The van der Waals surface area contributed by atoms with Gasteiger partial charge in [-0.25, -0.2) is 0 Å². The van der Waals surface area contributed by atoms with Crippen LogP contribution in [0.15, 0.2) is 33.5 Å². The first kappa shape index (κ1) is 13.3. The average Bonchev–Trinajstić information content (AvgIpc) is 2.83. The molecule has 0 unspecified atom stereocenters. The summed E-state index contributed by atoms with van der Waals surface area (Å²) in [4.78, 5) is 20.8. The molecule has 4 nitrogen and oxygen atoms in total. The van der Waals surface area contributed by atoms with Gasteiger partial charge >= 0.3 is 0 Å². The molecule has 0 atom stereocenters. The van der Waals surface area contributed by atoms with Gasteiger partial charge in [0.1, 0.15) is 0 Å². The third kappa shape index (κ3) is 2.37. The van der Waals surface area contributed by atoms with Crippen molar-refractivity contribution in [3.8, 4) is 11.5 Å². The van der Waals surface area contributed by atoms with Gasteiger partial charge in [-0.05, 0) is 38.3 Å². The van der Waals surface area contributed by atoms with E-state index in [1.54, 1.807) is 24.7 Å². The molecule has 2 aromatic heterocycles. The zero-order chi connectivity index (χ0) is 13.6. The van der Waals surface area contributed by atoms with Gasteiger partial charge in [0, 0.05) is 10.4 Å². The van der Waals surface area contributed by atoms with Gasteiger partial charge in [0.15, 0.2) is 11.5 Å². The molecule has 0 aliphatic carbocycles. The van der Waals surface area contributed by atoms with Crippen LogP contribution in [0.5, 0.6) is 0 Å². The van der Waals surface area contributed by atoms with E-state index in [0.717, 1.165) is 10.4 Å². The monoisotopic (exact) mass is 282 g/mol. The summed E-state index contributed by atoms with van der Waals surface area (Å²) in [6.07, 6.45) is 3.12. The van der Waals surface area contributed by atoms with Gasteiger partial charge in [0.25, 0.3) is 0 Å². The maximum absolute atomic E-state index is 10.5. The molecular formula is C12H18O4Si2. The van der Waals surface area contributed by atoms with Crippen molar-refractivity contribution in [1.29, 1.82) is 0 Å². The van der Waals surface area contributed by atoms with E-state index in [4.69, 9.17) is 8.83 Å². The van der Waals surface area contributed by atoms with Gasteiger partial charge in [-0.1, -0.05) is 0 Å². The summed E-state index contributed by atoms with van der Waals surface area (Å²) in [5.74, 6) is 1.13. The van der Waals surface area contributed by atoms with Crippen LogP contribution in [0.1, 0.15) is 0 Å². The van der Waals surface area contributed by atoms with Crippen molar-refractivity contribution < 1.29 is 18.4 Å². The second-order valence-electron chi connectivity index (χ2n) is 5.45. The molecule has 2 aromatic rings. The average molecular weight is 282 g/mol. The maximum atomic E-state index is 10.5. The van der Waals surface area contributed by atoms with Crippen LogP contribution in [0, 0.1) is 0 Å². The second-order valence-corrected chi connectivity index (χ2v) is 12.7. The number of hydrogen-bond donors (Lipinski definition) is 2. The lowest BCUT2D eigenvalue weighted by molar-refractivity contribution is 0.523. The topological polar surface area (TPSA) is 66.7 Å². The molecule has 0 radical (unpaired) electrons. The van der Waals surface area contributed by atoms with Crippen molar-refractivity contribution in [3.63, 3.8) is 0 Å². The van der Waals surface area contributed by atoms with Crippen LogP contribution in [0.25, 0.3) is 11.5 Å². The summed E-state index contributed by atoms with van der Waals surface area (Å²) < 4.78 is 10.9. The molecule has 0 aromatic carbocycles. The van der Waals surface area contributed by atoms with E-state index in [1.165, 1.54) is 0 Å². The Balaban J connectivity index is 2.67. The van der Waals surface area contributed by atoms with Crippen LogP contribution in [0.4, 0.5) is 0 Å². The molecule has 6 heteroatoms. The first-order chi connectivity index (χ1) is 8.21. The van der Waals surface area contributed by atoms with Crippen LogP contribution in [-0.2, 0) is 0 Å². The van der Waals surface area contributed by atoms with E-state index >= 15 is 0 Å². The van der Waals surface area contributed by atoms with Crippen molar-refractivity contribution in [2.24, 2.45) is 0 Å². The highest BCUT2D eigenvalue weighted by molar-refractivity contribution is 6.94. The van der Waals surface area contributed by atoms with Gasteiger partial charge in [-0.15, -0.1) is 0 Å². The Kier molecular flexibility index (Phi) is 3.14. The fourth-order valence-corrected chi connectivity index (χ4v) is 6.37. The summed E-state index contributed by atoms with van der Waals surface area (Å²) in [7, 11) is -5.16. The van der Waals surface area contributed by atoms with Gasteiger partial charge in [-0.3, -0.25) is 0 Å². The van der Waals surface area contributed by atoms with Gasteiger partial charge in [0.2, 0.25) is 16.6 Å². The lowest BCUT2D eigenvalue weighted by Gasteiger charge is -2.21. The lowest BCUT2D eigenvalue weighted by atomic mass is 10.3. The number of rotatable bonds is 3. The Morgan fingerprint density at radius 2 is 1.67 bits per heavy atom. The Morgan fingerprint density at radius 1 is 1.00 bits per heavy atom. The first-order valence-corrected chi connectivity index (χ1v) is 11.7. The molecule has 0 saturated heterocycles. The van der Waals surface area contributed by atoms with Crippen molar-refractivity contribution in [2.75, 3.05) is 0 Å². The van der Waals surface area contributed by atoms with Crippen LogP contribution < -0.4 is 10.4 Å². The molecule has 0 fully saturated rings. The molecule has 0 aliphatic heterocycles. The molecule has 0 aliphatic rings. The van der Waals surface area contributed by atoms with E-state index in [1.807, 2.05) is 26.2 Å². The summed E-state index contributed by atoms with van der Waals surface area (Å²) in [5, 5.41) is 1.50. The van der Waals surface area contributed by atoms with Crippen LogP contribution in [0.2, 0.25) is 26.2 Å².